The molecule has 4 heteroatoms. The van der Waals surface area contributed by atoms with Gasteiger partial charge in [-0.05, 0) is 25.3 Å². The lowest BCUT2D eigenvalue weighted by Gasteiger charge is -2.35. The highest BCUT2D eigenvalue weighted by Crippen LogP contribution is 2.22. The Labute approximate surface area is 134 Å². The van der Waals surface area contributed by atoms with Gasteiger partial charge in [-0.15, -0.1) is 6.58 Å². The molecule has 22 heavy (non-hydrogen) atoms. The molecule has 1 unspecified atom stereocenters. The van der Waals surface area contributed by atoms with Crippen LogP contribution in [0.2, 0.25) is 0 Å². The van der Waals surface area contributed by atoms with Crippen molar-refractivity contribution in [2.75, 3.05) is 13.1 Å². The first kappa shape index (κ1) is 18.2. The van der Waals surface area contributed by atoms with Gasteiger partial charge in [0.05, 0.1) is 6.54 Å². The van der Waals surface area contributed by atoms with Crippen LogP contribution in [0.25, 0.3) is 0 Å². The lowest BCUT2D eigenvalue weighted by molar-refractivity contribution is 0.281. The van der Waals surface area contributed by atoms with Gasteiger partial charge in [-0.25, -0.2) is 0 Å². The molecule has 0 saturated heterocycles. The Hall–Kier alpha value is -1.81. The van der Waals surface area contributed by atoms with Gasteiger partial charge in [-0.3, -0.25) is 4.99 Å². The number of nitrogens with one attached hydrogen (secondary N) is 2. The molecule has 1 rings (SSSR count). The molecule has 0 amide bonds. The van der Waals surface area contributed by atoms with Gasteiger partial charge in [0.25, 0.3) is 0 Å². The predicted octanol–water partition coefficient (Wildman–Crippen LogP) is 2.99. The fourth-order valence-electron chi connectivity index (χ4n) is 2.48. The molecule has 0 aliphatic rings. The zero-order valence-electron chi connectivity index (χ0n) is 14.1. The first-order valence-electron chi connectivity index (χ1n) is 8.04. The number of benzene rings is 1. The van der Waals surface area contributed by atoms with Gasteiger partial charge in [-0.1, -0.05) is 50.3 Å². The summed E-state index contributed by atoms with van der Waals surface area (Å²) >= 11 is 0. The van der Waals surface area contributed by atoms with Gasteiger partial charge in [-0.2, -0.15) is 0 Å². The number of nitrogens with zero attached hydrogens (tertiary/aromatic N) is 1. The summed E-state index contributed by atoms with van der Waals surface area (Å²) in [5, 5.41) is 6.77. The Balaban J connectivity index is 2.76. The third-order valence-electron chi connectivity index (χ3n) is 4.16. The second-order valence-corrected chi connectivity index (χ2v) is 5.64. The van der Waals surface area contributed by atoms with Crippen molar-refractivity contribution in [3.8, 4) is 0 Å². The first-order valence-corrected chi connectivity index (χ1v) is 8.04. The summed E-state index contributed by atoms with van der Waals surface area (Å²) in [6.45, 7) is 11.5. The third-order valence-corrected chi connectivity index (χ3v) is 4.16. The summed E-state index contributed by atoms with van der Waals surface area (Å²) in [6, 6.07) is 10.8. The molecule has 1 aromatic carbocycles. The van der Waals surface area contributed by atoms with Crippen molar-refractivity contribution < 1.29 is 0 Å². The van der Waals surface area contributed by atoms with Crippen LogP contribution in [0.3, 0.4) is 0 Å². The Morgan fingerprint density at radius 3 is 2.50 bits per heavy atom. The van der Waals surface area contributed by atoms with Crippen molar-refractivity contribution in [2.24, 2.45) is 10.7 Å². The van der Waals surface area contributed by atoms with Gasteiger partial charge in [0.15, 0.2) is 5.96 Å². The Morgan fingerprint density at radius 1 is 1.32 bits per heavy atom. The van der Waals surface area contributed by atoms with E-state index < -0.39 is 0 Å². The number of guanidine groups is 1. The summed E-state index contributed by atoms with van der Waals surface area (Å²) in [5.41, 5.74) is 7.12. The minimum Gasteiger partial charge on any atom is -0.370 e. The van der Waals surface area contributed by atoms with Crippen molar-refractivity contribution in [3.63, 3.8) is 0 Å². The molecule has 0 bridgehead atoms. The highest BCUT2D eigenvalue weighted by molar-refractivity contribution is 5.77. The van der Waals surface area contributed by atoms with Crippen LogP contribution in [-0.2, 0) is 0 Å². The molecular formula is C18H30N4. The van der Waals surface area contributed by atoms with Crippen LogP contribution in [0.4, 0.5) is 0 Å². The van der Waals surface area contributed by atoms with Crippen LogP contribution in [0.15, 0.2) is 48.0 Å². The summed E-state index contributed by atoms with van der Waals surface area (Å²) in [6.07, 6.45) is 3.77. The van der Waals surface area contributed by atoms with E-state index in [2.05, 4.69) is 67.2 Å². The van der Waals surface area contributed by atoms with E-state index in [1.807, 2.05) is 6.07 Å². The molecule has 0 aromatic heterocycles. The summed E-state index contributed by atoms with van der Waals surface area (Å²) in [4.78, 5) is 4.50. The van der Waals surface area contributed by atoms with Gasteiger partial charge < -0.3 is 16.4 Å². The highest BCUT2D eigenvalue weighted by atomic mass is 15.1. The molecule has 0 saturated carbocycles. The van der Waals surface area contributed by atoms with E-state index in [1.165, 1.54) is 5.56 Å². The fourth-order valence-corrected chi connectivity index (χ4v) is 2.48. The van der Waals surface area contributed by atoms with E-state index in [1.54, 1.807) is 6.08 Å². The second-order valence-electron chi connectivity index (χ2n) is 5.64. The van der Waals surface area contributed by atoms with Crippen molar-refractivity contribution in [1.82, 2.24) is 10.6 Å². The molecule has 122 valence electrons. The van der Waals surface area contributed by atoms with Crippen molar-refractivity contribution in [2.45, 2.75) is 45.2 Å². The first-order chi connectivity index (χ1) is 10.6. The lowest BCUT2D eigenvalue weighted by atomic mass is 9.91. The average Bonchev–Trinajstić information content (AvgIpc) is 2.57. The molecule has 1 aromatic rings. The maximum Gasteiger partial charge on any atom is 0.188 e. The van der Waals surface area contributed by atoms with E-state index in [9.17, 15) is 0 Å². The van der Waals surface area contributed by atoms with Gasteiger partial charge >= 0.3 is 0 Å². The Kier molecular flexibility index (Phi) is 7.67. The van der Waals surface area contributed by atoms with Crippen LogP contribution in [-0.4, -0.2) is 24.6 Å². The molecule has 0 spiro atoms. The van der Waals surface area contributed by atoms with Gasteiger partial charge in [0, 0.05) is 18.1 Å². The molecule has 4 N–H and O–H groups in total. The van der Waals surface area contributed by atoms with Crippen molar-refractivity contribution >= 4 is 5.96 Å². The smallest absolute Gasteiger partial charge is 0.188 e. The number of aliphatic imine (C=N–C) groups is 1. The zero-order valence-corrected chi connectivity index (χ0v) is 14.1. The molecular weight excluding hydrogens is 272 g/mol. The summed E-state index contributed by atoms with van der Waals surface area (Å²) in [7, 11) is 0. The van der Waals surface area contributed by atoms with Crippen molar-refractivity contribution in [1.29, 1.82) is 0 Å². The van der Waals surface area contributed by atoms with Gasteiger partial charge in [0.1, 0.15) is 0 Å². The topological polar surface area (TPSA) is 62.4 Å². The van der Waals surface area contributed by atoms with E-state index in [4.69, 9.17) is 5.73 Å². The van der Waals surface area contributed by atoms with Crippen molar-refractivity contribution in [3.05, 3.63) is 48.6 Å². The van der Waals surface area contributed by atoms with E-state index >= 15 is 0 Å². The third kappa shape index (κ3) is 5.53. The molecule has 0 radical (unpaired) electrons. The van der Waals surface area contributed by atoms with Crippen LogP contribution in [0, 0.1) is 0 Å². The average molecular weight is 302 g/mol. The number of hydrogen-bond donors (Lipinski definition) is 3. The van der Waals surface area contributed by atoms with Crippen LogP contribution in [0.5, 0.6) is 0 Å². The largest absolute Gasteiger partial charge is 0.370 e. The van der Waals surface area contributed by atoms with Crippen LogP contribution < -0.4 is 16.4 Å². The molecule has 1 atom stereocenters. The Bertz CT molecular complexity index is 463. The monoisotopic (exact) mass is 302 g/mol. The van der Waals surface area contributed by atoms with Gasteiger partial charge in [0.2, 0.25) is 0 Å². The molecule has 0 aliphatic carbocycles. The molecule has 0 fully saturated rings. The normalized spacial score (nSPS) is 13.7. The molecule has 0 aliphatic heterocycles. The minimum absolute atomic E-state index is 0.0459. The van der Waals surface area contributed by atoms with Crippen LogP contribution >= 0.6 is 0 Å². The second kappa shape index (κ2) is 9.26. The Morgan fingerprint density at radius 2 is 1.95 bits per heavy atom. The zero-order chi connectivity index (χ0) is 16.4. The van der Waals surface area contributed by atoms with E-state index in [0.29, 0.717) is 19.0 Å². The summed E-state index contributed by atoms with van der Waals surface area (Å²) in [5.74, 6) is 0.473. The molecule has 4 nitrogen and oxygen atoms in total. The predicted molar refractivity (Wildman–Crippen MR) is 96.0 cm³/mol. The highest BCUT2D eigenvalue weighted by Gasteiger charge is 2.27. The number of hydrogen-bond acceptors (Lipinski definition) is 2. The van der Waals surface area contributed by atoms with E-state index in [-0.39, 0.29) is 11.6 Å². The standard InChI is InChI=1S/C18H30N4/c1-5-13-20-17(19)21-14-18(6-2,7-3)22-15(4)16-11-9-8-10-12-16/h5,8-12,15,22H,1,6-7,13-14H2,2-4H3,(H3,19,20,21). The van der Waals surface area contributed by atoms with Crippen LogP contribution in [0.1, 0.15) is 45.2 Å². The maximum absolute atomic E-state index is 5.88. The quantitative estimate of drug-likeness (QED) is 0.373. The number of rotatable bonds is 9. The minimum atomic E-state index is -0.0459. The maximum atomic E-state index is 5.88. The fraction of sp³-hybridized carbons (Fsp3) is 0.500. The number of nitrogens with two attached hydrogens (primary N) is 1. The summed E-state index contributed by atoms with van der Waals surface area (Å²) < 4.78 is 0. The molecule has 0 heterocycles. The SMILES string of the molecule is C=CCNC(N)=NCC(CC)(CC)NC(C)c1ccccc1. The van der Waals surface area contributed by atoms with E-state index in [0.717, 1.165) is 12.8 Å². The lowest BCUT2D eigenvalue weighted by Crippen LogP contribution is -2.49.